The van der Waals surface area contributed by atoms with Crippen LogP contribution in [-0.2, 0) is 4.74 Å². The number of aliphatic hydroxyl groups is 2. The number of esters is 1. The van der Waals surface area contributed by atoms with Gasteiger partial charge in [-0.2, -0.15) is 0 Å². The van der Waals surface area contributed by atoms with Crippen molar-refractivity contribution in [2.75, 3.05) is 13.7 Å². The summed E-state index contributed by atoms with van der Waals surface area (Å²) in [6.07, 6.45) is -1.01. The molecule has 0 fully saturated rings. The van der Waals surface area contributed by atoms with Gasteiger partial charge in [0.1, 0.15) is 11.0 Å². The molecule has 0 aliphatic carbocycles. The molecule has 1 aromatic heterocycles. The SMILES string of the molecule is COC(=O)c1sccc1C(O)CO. The molecular formula is C8H10O4S. The van der Waals surface area contributed by atoms with E-state index in [0.29, 0.717) is 10.4 Å². The molecule has 4 nitrogen and oxygen atoms in total. The third-order valence-corrected chi connectivity index (χ3v) is 2.51. The average Bonchev–Trinajstić information content (AvgIpc) is 2.63. The Balaban J connectivity index is 2.95. The molecule has 0 bridgehead atoms. The molecule has 2 N–H and O–H groups in total. The topological polar surface area (TPSA) is 66.8 Å². The number of hydrogen-bond acceptors (Lipinski definition) is 5. The molecule has 5 heteroatoms. The Labute approximate surface area is 79.4 Å². The van der Waals surface area contributed by atoms with Crippen LogP contribution in [0.4, 0.5) is 0 Å². The van der Waals surface area contributed by atoms with Crippen molar-refractivity contribution in [3.05, 3.63) is 21.9 Å². The van der Waals surface area contributed by atoms with Crippen molar-refractivity contribution in [3.63, 3.8) is 0 Å². The smallest absolute Gasteiger partial charge is 0.348 e. The highest BCUT2D eigenvalue weighted by Gasteiger charge is 2.18. The third kappa shape index (κ3) is 2.06. The summed E-state index contributed by atoms with van der Waals surface area (Å²) in [6, 6.07) is 1.60. The van der Waals surface area contributed by atoms with E-state index in [4.69, 9.17) is 5.11 Å². The molecule has 0 saturated carbocycles. The van der Waals surface area contributed by atoms with Gasteiger partial charge >= 0.3 is 5.97 Å². The number of aliphatic hydroxyl groups excluding tert-OH is 2. The van der Waals surface area contributed by atoms with Crippen LogP contribution in [0.1, 0.15) is 21.3 Å². The molecule has 72 valence electrons. The van der Waals surface area contributed by atoms with E-state index in [9.17, 15) is 9.90 Å². The normalized spacial score (nSPS) is 12.5. The monoisotopic (exact) mass is 202 g/mol. The maximum Gasteiger partial charge on any atom is 0.348 e. The summed E-state index contributed by atoms with van der Waals surface area (Å²) in [5.41, 5.74) is 0.416. The van der Waals surface area contributed by atoms with Crippen molar-refractivity contribution < 1.29 is 19.7 Å². The first kappa shape index (κ1) is 10.2. The maximum atomic E-state index is 11.1. The van der Waals surface area contributed by atoms with Crippen molar-refractivity contribution in [2.24, 2.45) is 0 Å². The number of rotatable bonds is 3. The fraction of sp³-hybridized carbons (Fsp3) is 0.375. The molecule has 0 radical (unpaired) electrons. The first-order valence-electron chi connectivity index (χ1n) is 3.65. The largest absolute Gasteiger partial charge is 0.465 e. The highest BCUT2D eigenvalue weighted by molar-refractivity contribution is 7.12. The van der Waals surface area contributed by atoms with Gasteiger partial charge in [0.25, 0.3) is 0 Å². The molecule has 0 spiro atoms. The molecule has 1 aromatic rings. The Morgan fingerprint density at radius 3 is 3.00 bits per heavy atom. The van der Waals surface area contributed by atoms with Gasteiger partial charge in [-0.3, -0.25) is 0 Å². The van der Waals surface area contributed by atoms with Crippen molar-refractivity contribution in [1.29, 1.82) is 0 Å². The summed E-state index contributed by atoms with van der Waals surface area (Å²) >= 11 is 1.18. The second kappa shape index (κ2) is 4.36. The quantitative estimate of drug-likeness (QED) is 0.703. The average molecular weight is 202 g/mol. The van der Waals surface area contributed by atoms with Gasteiger partial charge in [-0.1, -0.05) is 0 Å². The molecule has 0 saturated heterocycles. The van der Waals surface area contributed by atoms with Crippen LogP contribution >= 0.6 is 11.3 Å². The summed E-state index contributed by atoms with van der Waals surface area (Å²) in [5.74, 6) is -0.488. The standard InChI is InChI=1S/C8H10O4S/c1-12-8(11)7-5(2-3-13-7)6(10)4-9/h2-3,6,9-10H,4H2,1H3. The molecule has 1 atom stereocenters. The van der Waals surface area contributed by atoms with E-state index >= 15 is 0 Å². The van der Waals surface area contributed by atoms with E-state index in [2.05, 4.69) is 4.74 Å². The van der Waals surface area contributed by atoms with E-state index in [1.54, 1.807) is 11.4 Å². The number of thiophene rings is 1. The van der Waals surface area contributed by atoms with E-state index in [0.717, 1.165) is 0 Å². The summed E-state index contributed by atoms with van der Waals surface area (Å²) in [6.45, 7) is -0.402. The van der Waals surface area contributed by atoms with Crippen LogP contribution in [0, 0.1) is 0 Å². The Kier molecular flexibility index (Phi) is 3.41. The minimum atomic E-state index is -1.01. The highest BCUT2D eigenvalue weighted by Crippen LogP contribution is 2.23. The van der Waals surface area contributed by atoms with Crippen LogP contribution in [0.25, 0.3) is 0 Å². The molecule has 1 rings (SSSR count). The molecular weight excluding hydrogens is 192 g/mol. The fourth-order valence-corrected chi connectivity index (χ4v) is 1.81. The number of carbonyl (C=O) groups excluding carboxylic acids is 1. The minimum absolute atomic E-state index is 0.337. The molecule has 0 amide bonds. The Bertz CT molecular complexity index is 294. The zero-order valence-electron chi connectivity index (χ0n) is 7.06. The van der Waals surface area contributed by atoms with E-state index in [1.807, 2.05) is 0 Å². The van der Waals surface area contributed by atoms with Gasteiger partial charge in [-0.25, -0.2) is 4.79 Å². The number of ether oxygens (including phenoxy) is 1. The lowest BCUT2D eigenvalue weighted by atomic mass is 10.1. The van der Waals surface area contributed by atoms with Gasteiger partial charge in [-0.05, 0) is 11.4 Å². The lowest BCUT2D eigenvalue weighted by Gasteiger charge is -2.06. The minimum Gasteiger partial charge on any atom is -0.465 e. The van der Waals surface area contributed by atoms with Crippen molar-refractivity contribution in [3.8, 4) is 0 Å². The Morgan fingerprint density at radius 1 is 1.77 bits per heavy atom. The summed E-state index contributed by atoms with van der Waals surface area (Å²) < 4.78 is 4.51. The van der Waals surface area contributed by atoms with Crippen LogP contribution in [0.5, 0.6) is 0 Å². The van der Waals surface area contributed by atoms with Gasteiger partial charge in [0.2, 0.25) is 0 Å². The van der Waals surface area contributed by atoms with Gasteiger partial charge in [0.05, 0.1) is 13.7 Å². The lowest BCUT2D eigenvalue weighted by Crippen LogP contribution is -2.08. The zero-order chi connectivity index (χ0) is 9.84. The van der Waals surface area contributed by atoms with Gasteiger partial charge in [-0.15, -0.1) is 11.3 Å². The van der Waals surface area contributed by atoms with Crippen LogP contribution < -0.4 is 0 Å². The molecule has 0 aliphatic rings. The zero-order valence-corrected chi connectivity index (χ0v) is 7.87. The summed E-state index contributed by atoms with van der Waals surface area (Å²) in [5, 5.41) is 19.6. The van der Waals surface area contributed by atoms with E-state index < -0.39 is 18.7 Å². The van der Waals surface area contributed by atoms with Crippen LogP contribution in [0.3, 0.4) is 0 Å². The van der Waals surface area contributed by atoms with Crippen molar-refractivity contribution >= 4 is 17.3 Å². The van der Waals surface area contributed by atoms with Crippen molar-refractivity contribution in [2.45, 2.75) is 6.10 Å². The van der Waals surface area contributed by atoms with Gasteiger partial charge in [0.15, 0.2) is 0 Å². The Morgan fingerprint density at radius 2 is 2.46 bits per heavy atom. The molecule has 0 aliphatic heterocycles. The second-order valence-corrected chi connectivity index (χ2v) is 3.31. The summed E-state index contributed by atoms with van der Waals surface area (Å²) in [4.78, 5) is 11.4. The number of hydrogen-bond donors (Lipinski definition) is 2. The van der Waals surface area contributed by atoms with Crippen LogP contribution in [0.2, 0.25) is 0 Å². The third-order valence-electron chi connectivity index (χ3n) is 1.60. The predicted molar refractivity (Wildman–Crippen MR) is 47.7 cm³/mol. The van der Waals surface area contributed by atoms with Gasteiger partial charge in [0, 0.05) is 5.56 Å². The fourth-order valence-electron chi connectivity index (χ4n) is 0.939. The molecule has 1 unspecified atom stereocenters. The molecule has 0 aromatic carbocycles. The maximum absolute atomic E-state index is 11.1. The van der Waals surface area contributed by atoms with Crippen LogP contribution in [-0.4, -0.2) is 29.9 Å². The van der Waals surface area contributed by atoms with E-state index in [-0.39, 0.29) is 0 Å². The Hall–Kier alpha value is -0.910. The van der Waals surface area contributed by atoms with E-state index in [1.165, 1.54) is 18.4 Å². The second-order valence-electron chi connectivity index (χ2n) is 2.40. The first-order chi connectivity index (χ1) is 6.20. The van der Waals surface area contributed by atoms with Crippen molar-refractivity contribution in [1.82, 2.24) is 0 Å². The molecule has 13 heavy (non-hydrogen) atoms. The molecule has 1 heterocycles. The number of carbonyl (C=O) groups is 1. The number of methoxy groups -OCH3 is 1. The van der Waals surface area contributed by atoms with Crippen LogP contribution in [0.15, 0.2) is 11.4 Å². The lowest BCUT2D eigenvalue weighted by molar-refractivity contribution is 0.0589. The first-order valence-corrected chi connectivity index (χ1v) is 4.53. The van der Waals surface area contributed by atoms with Gasteiger partial charge < -0.3 is 14.9 Å². The highest BCUT2D eigenvalue weighted by atomic mass is 32.1. The predicted octanol–water partition coefficient (Wildman–Crippen LogP) is 0.560. The summed E-state index contributed by atoms with van der Waals surface area (Å²) in [7, 11) is 1.27.